The second kappa shape index (κ2) is 8.35. The summed E-state index contributed by atoms with van der Waals surface area (Å²) in [4.78, 5) is 14.6. The highest BCUT2D eigenvalue weighted by Crippen LogP contribution is 2.33. The standard InChI is InChI=1S/C22H26FNO2/c1-3-16(2)19-7-4-5-9-21(19)26-15-22(25)24-14-6-8-20(24)17-10-12-18(23)13-11-17/h4-5,7,9-13,16,20H,3,6,8,14-15H2,1-2H3. The molecule has 1 saturated heterocycles. The molecule has 2 unspecified atom stereocenters. The third-order valence-corrected chi connectivity index (χ3v) is 5.24. The van der Waals surface area contributed by atoms with E-state index in [0.717, 1.165) is 42.7 Å². The third-order valence-electron chi connectivity index (χ3n) is 5.24. The zero-order chi connectivity index (χ0) is 18.5. The first-order chi connectivity index (χ1) is 12.6. The van der Waals surface area contributed by atoms with Gasteiger partial charge in [0.05, 0.1) is 6.04 Å². The van der Waals surface area contributed by atoms with Crippen LogP contribution in [0.3, 0.4) is 0 Å². The predicted molar refractivity (Wildman–Crippen MR) is 101 cm³/mol. The average molecular weight is 355 g/mol. The first-order valence-electron chi connectivity index (χ1n) is 9.36. The summed E-state index contributed by atoms with van der Waals surface area (Å²) >= 11 is 0. The van der Waals surface area contributed by atoms with Gasteiger partial charge in [-0.3, -0.25) is 4.79 Å². The summed E-state index contributed by atoms with van der Waals surface area (Å²) in [6.45, 7) is 5.06. The summed E-state index contributed by atoms with van der Waals surface area (Å²) in [6, 6.07) is 14.4. The lowest BCUT2D eigenvalue weighted by Gasteiger charge is -2.25. The topological polar surface area (TPSA) is 29.5 Å². The van der Waals surface area contributed by atoms with Gasteiger partial charge >= 0.3 is 0 Å². The highest BCUT2D eigenvalue weighted by molar-refractivity contribution is 5.78. The number of nitrogens with zero attached hydrogens (tertiary/aromatic N) is 1. The molecule has 0 aromatic heterocycles. The molecule has 1 fully saturated rings. The minimum absolute atomic E-state index is 0.0107. The Morgan fingerprint density at radius 1 is 1.23 bits per heavy atom. The summed E-state index contributed by atoms with van der Waals surface area (Å²) < 4.78 is 19.1. The van der Waals surface area contributed by atoms with Gasteiger partial charge in [-0.2, -0.15) is 0 Å². The van der Waals surface area contributed by atoms with Crippen LogP contribution in [0.4, 0.5) is 4.39 Å². The largest absolute Gasteiger partial charge is 0.483 e. The molecule has 2 aromatic carbocycles. The van der Waals surface area contributed by atoms with Crippen molar-refractivity contribution in [2.45, 2.75) is 45.1 Å². The fourth-order valence-corrected chi connectivity index (χ4v) is 3.56. The van der Waals surface area contributed by atoms with Gasteiger partial charge < -0.3 is 9.64 Å². The SMILES string of the molecule is CCC(C)c1ccccc1OCC(=O)N1CCCC1c1ccc(F)cc1. The highest BCUT2D eigenvalue weighted by Gasteiger charge is 2.30. The maximum absolute atomic E-state index is 13.2. The summed E-state index contributed by atoms with van der Waals surface area (Å²) in [5, 5.41) is 0. The first kappa shape index (κ1) is 18.4. The minimum Gasteiger partial charge on any atom is -0.483 e. The number of hydrogen-bond acceptors (Lipinski definition) is 2. The summed E-state index contributed by atoms with van der Waals surface area (Å²) in [5.41, 5.74) is 2.12. The molecule has 1 heterocycles. The van der Waals surface area contributed by atoms with Gasteiger partial charge in [-0.25, -0.2) is 4.39 Å². The molecule has 0 N–H and O–H groups in total. The van der Waals surface area contributed by atoms with E-state index in [-0.39, 0.29) is 24.4 Å². The monoisotopic (exact) mass is 355 g/mol. The van der Waals surface area contributed by atoms with Crippen LogP contribution in [0.2, 0.25) is 0 Å². The van der Waals surface area contributed by atoms with E-state index in [1.54, 1.807) is 12.1 Å². The van der Waals surface area contributed by atoms with Gasteiger partial charge in [0, 0.05) is 6.54 Å². The van der Waals surface area contributed by atoms with Crippen LogP contribution in [0.5, 0.6) is 5.75 Å². The Kier molecular flexibility index (Phi) is 5.92. The van der Waals surface area contributed by atoms with Crippen molar-refractivity contribution in [2.75, 3.05) is 13.2 Å². The molecule has 2 atom stereocenters. The summed E-state index contributed by atoms with van der Waals surface area (Å²) in [5.74, 6) is 0.901. The van der Waals surface area contributed by atoms with E-state index >= 15 is 0 Å². The molecular weight excluding hydrogens is 329 g/mol. The molecular formula is C22H26FNO2. The van der Waals surface area contributed by atoms with E-state index in [1.807, 2.05) is 23.1 Å². The fraction of sp³-hybridized carbons (Fsp3) is 0.409. The van der Waals surface area contributed by atoms with E-state index in [9.17, 15) is 9.18 Å². The summed E-state index contributed by atoms with van der Waals surface area (Å²) in [6.07, 6.45) is 2.88. The van der Waals surface area contributed by atoms with Crippen molar-refractivity contribution >= 4 is 5.91 Å². The van der Waals surface area contributed by atoms with Gasteiger partial charge in [0.15, 0.2) is 6.61 Å². The lowest BCUT2D eigenvalue weighted by atomic mass is 9.98. The van der Waals surface area contributed by atoms with Crippen molar-refractivity contribution in [2.24, 2.45) is 0 Å². The molecule has 0 radical (unpaired) electrons. The van der Waals surface area contributed by atoms with Crippen LogP contribution in [0.25, 0.3) is 0 Å². The van der Waals surface area contributed by atoms with E-state index in [2.05, 4.69) is 19.9 Å². The lowest BCUT2D eigenvalue weighted by Crippen LogP contribution is -2.34. The van der Waals surface area contributed by atoms with Crippen molar-refractivity contribution < 1.29 is 13.9 Å². The Labute approximate surface area is 154 Å². The van der Waals surface area contributed by atoms with Gasteiger partial charge in [-0.05, 0) is 54.5 Å². The number of carbonyl (C=O) groups excluding carboxylic acids is 1. The van der Waals surface area contributed by atoms with Gasteiger partial charge in [0.1, 0.15) is 11.6 Å². The molecule has 1 amide bonds. The van der Waals surface area contributed by atoms with Crippen LogP contribution in [0.1, 0.15) is 56.2 Å². The fourth-order valence-electron chi connectivity index (χ4n) is 3.56. The quantitative estimate of drug-likeness (QED) is 0.723. The first-order valence-corrected chi connectivity index (χ1v) is 9.36. The van der Waals surface area contributed by atoms with Gasteiger partial charge in [0.25, 0.3) is 5.91 Å². The van der Waals surface area contributed by atoms with Crippen LogP contribution in [0.15, 0.2) is 48.5 Å². The highest BCUT2D eigenvalue weighted by atomic mass is 19.1. The van der Waals surface area contributed by atoms with E-state index in [1.165, 1.54) is 12.1 Å². The Morgan fingerprint density at radius 3 is 2.69 bits per heavy atom. The van der Waals surface area contributed by atoms with Gasteiger partial charge in [-0.1, -0.05) is 44.2 Å². The second-order valence-electron chi connectivity index (χ2n) is 6.93. The van der Waals surface area contributed by atoms with Gasteiger partial charge in [0.2, 0.25) is 0 Å². The molecule has 0 spiro atoms. The normalized spacial score (nSPS) is 18.0. The zero-order valence-electron chi connectivity index (χ0n) is 15.5. The van der Waals surface area contributed by atoms with Crippen LogP contribution >= 0.6 is 0 Å². The third kappa shape index (κ3) is 4.06. The Balaban J connectivity index is 1.67. The van der Waals surface area contributed by atoms with E-state index in [0.29, 0.717) is 5.92 Å². The number of amides is 1. The minimum atomic E-state index is -0.255. The number of likely N-dealkylation sites (tertiary alicyclic amines) is 1. The number of hydrogen-bond donors (Lipinski definition) is 0. The molecule has 0 aliphatic carbocycles. The number of carbonyl (C=O) groups is 1. The number of para-hydroxylation sites is 1. The number of rotatable bonds is 6. The zero-order valence-corrected chi connectivity index (χ0v) is 15.5. The molecule has 1 aliphatic heterocycles. The molecule has 4 heteroatoms. The number of ether oxygens (including phenoxy) is 1. The molecule has 26 heavy (non-hydrogen) atoms. The smallest absolute Gasteiger partial charge is 0.261 e. The number of benzene rings is 2. The van der Waals surface area contributed by atoms with Crippen molar-refractivity contribution in [1.29, 1.82) is 0 Å². The van der Waals surface area contributed by atoms with Crippen molar-refractivity contribution in [3.05, 3.63) is 65.5 Å². The Hall–Kier alpha value is -2.36. The second-order valence-corrected chi connectivity index (χ2v) is 6.93. The van der Waals surface area contributed by atoms with Crippen LogP contribution in [0, 0.1) is 5.82 Å². The van der Waals surface area contributed by atoms with Crippen LogP contribution in [-0.2, 0) is 4.79 Å². The maximum Gasteiger partial charge on any atom is 0.261 e. The van der Waals surface area contributed by atoms with Crippen molar-refractivity contribution in [3.63, 3.8) is 0 Å². The van der Waals surface area contributed by atoms with Crippen molar-refractivity contribution in [1.82, 2.24) is 4.90 Å². The molecule has 138 valence electrons. The molecule has 3 nitrogen and oxygen atoms in total. The van der Waals surface area contributed by atoms with Crippen LogP contribution < -0.4 is 4.74 Å². The van der Waals surface area contributed by atoms with E-state index in [4.69, 9.17) is 4.74 Å². The molecule has 0 bridgehead atoms. The Bertz CT molecular complexity index is 744. The number of halogens is 1. The molecule has 0 saturated carbocycles. The maximum atomic E-state index is 13.2. The van der Waals surface area contributed by atoms with Crippen molar-refractivity contribution in [3.8, 4) is 5.75 Å². The molecule has 3 rings (SSSR count). The predicted octanol–water partition coefficient (Wildman–Crippen LogP) is 5.08. The van der Waals surface area contributed by atoms with E-state index < -0.39 is 0 Å². The van der Waals surface area contributed by atoms with Gasteiger partial charge in [-0.15, -0.1) is 0 Å². The Morgan fingerprint density at radius 2 is 1.96 bits per heavy atom. The molecule has 2 aromatic rings. The average Bonchev–Trinajstić information content (AvgIpc) is 3.16. The molecule has 1 aliphatic rings. The lowest BCUT2D eigenvalue weighted by molar-refractivity contribution is -0.134. The van der Waals surface area contributed by atoms with Crippen LogP contribution in [-0.4, -0.2) is 24.0 Å². The summed E-state index contributed by atoms with van der Waals surface area (Å²) in [7, 11) is 0.